The maximum absolute atomic E-state index is 13.1. The molecule has 3 aliphatic rings. The number of anilines is 1. The number of benzene rings is 1. The van der Waals surface area contributed by atoms with Gasteiger partial charge in [0, 0.05) is 39.3 Å². The molecule has 2 saturated heterocycles. The molecule has 5 heteroatoms. The van der Waals surface area contributed by atoms with Crippen molar-refractivity contribution in [1.82, 2.24) is 9.80 Å². The fourth-order valence-electron chi connectivity index (χ4n) is 5.75. The van der Waals surface area contributed by atoms with Crippen molar-refractivity contribution in [3.63, 3.8) is 0 Å². The first-order chi connectivity index (χ1) is 13.8. The highest BCUT2D eigenvalue weighted by Gasteiger charge is 2.60. The van der Waals surface area contributed by atoms with E-state index in [1.54, 1.807) is 0 Å². The van der Waals surface area contributed by atoms with Crippen LogP contribution in [0.2, 0.25) is 5.02 Å². The molecule has 2 atom stereocenters. The van der Waals surface area contributed by atoms with E-state index in [4.69, 9.17) is 11.6 Å². The first kappa shape index (κ1) is 21.0. The molecule has 1 saturated carbocycles. The largest absolute Gasteiger partial charge is 0.368 e. The average molecular weight is 418 g/mol. The van der Waals surface area contributed by atoms with Gasteiger partial charge < -0.3 is 9.80 Å². The van der Waals surface area contributed by atoms with Crippen molar-refractivity contribution in [2.45, 2.75) is 46.5 Å². The summed E-state index contributed by atoms with van der Waals surface area (Å²) in [6.07, 6.45) is 4.55. The molecule has 1 aromatic carbocycles. The Morgan fingerprint density at radius 2 is 1.72 bits per heavy atom. The van der Waals surface area contributed by atoms with Crippen LogP contribution in [0.1, 0.15) is 46.5 Å². The second kappa shape index (κ2) is 8.11. The van der Waals surface area contributed by atoms with Crippen molar-refractivity contribution in [3.05, 3.63) is 29.3 Å². The van der Waals surface area contributed by atoms with Crippen LogP contribution in [0.15, 0.2) is 24.3 Å². The number of amides is 1. The van der Waals surface area contributed by atoms with Crippen molar-refractivity contribution in [2.24, 2.45) is 16.7 Å². The standard InChI is InChI=1S/C24H36ClN3O/c1-23(2)19-10-11-24(23,3)22(29)28(18-19)13-7-6-12-26-14-16-27(17-15-26)21-9-5-4-8-20(21)25/h4-5,8-9,19H,6-7,10-18H2,1-3H3/t19?,24-/m0/s1. The molecule has 29 heavy (non-hydrogen) atoms. The molecule has 2 bridgehead atoms. The first-order valence-electron chi connectivity index (χ1n) is 11.3. The number of carbonyl (C=O) groups excluding carboxylic acids is 1. The minimum Gasteiger partial charge on any atom is -0.368 e. The summed E-state index contributed by atoms with van der Waals surface area (Å²) in [7, 11) is 0. The van der Waals surface area contributed by atoms with E-state index in [9.17, 15) is 4.79 Å². The van der Waals surface area contributed by atoms with Crippen molar-refractivity contribution < 1.29 is 4.79 Å². The number of likely N-dealkylation sites (tertiary alicyclic amines) is 1. The Hall–Kier alpha value is -1.26. The van der Waals surface area contributed by atoms with E-state index in [-0.39, 0.29) is 10.8 Å². The number of nitrogens with zero attached hydrogens (tertiary/aromatic N) is 3. The van der Waals surface area contributed by atoms with Gasteiger partial charge in [-0.2, -0.15) is 0 Å². The van der Waals surface area contributed by atoms with Crippen LogP contribution in [0.5, 0.6) is 0 Å². The van der Waals surface area contributed by atoms with Crippen LogP contribution in [0.25, 0.3) is 0 Å². The van der Waals surface area contributed by atoms with E-state index in [1.807, 2.05) is 12.1 Å². The normalized spacial score (nSPS) is 29.5. The summed E-state index contributed by atoms with van der Waals surface area (Å²) < 4.78 is 0. The highest BCUT2D eigenvalue weighted by atomic mass is 35.5. The van der Waals surface area contributed by atoms with Crippen LogP contribution in [0.4, 0.5) is 5.69 Å². The zero-order valence-electron chi connectivity index (χ0n) is 18.3. The summed E-state index contributed by atoms with van der Waals surface area (Å²) in [6, 6.07) is 8.13. The average Bonchev–Trinajstić information content (AvgIpc) is 2.85. The molecular formula is C24H36ClN3O. The van der Waals surface area contributed by atoms with Crippen molar-refractivity contribution in [1.29, 1.82) is 0 Å². The van der Waals surface area contributed by atoms with E-state index in [0.29, 0.717) is 11.8 Å². The monoisotopic (exact) mass is 417 g/mol. The third-order valence-electron chi connectivity index (χ3n) is 8.35. The molecule has 0 radical (unpaired) electrons. The molecule has 1 aliphatic carbocycles. The fourth-order valence-corrected chi connectivity index (χ4v) is 6.00. The summed E-state index contributed by atoms with van der Waals surface area (Å²) in [4.78, 5) is 20.2. The number of unbranched alkanes of at least 4 members (excludes halogenated alkanes) is 1. The molecule has 3 fully saturated rings. The number of piperazine rings is 1. The number of piperidine rings is 1. The zero-order chi connectivity index (χ0) is 20.6. The summed E-state index contributed by atoms with van der Waals surface area (Å²) in [5, 5.41) is 0.845. The number of hydrogen-bond donors (Lipinski definition) is 0. The van der Waals surface area contributed by atoms with Crippen LogP contribution >= 0.6 is 11.6 Å². The minimum atomic E-state index is -0.148. The van der Waals surface area contributed by atoms with Crippen molar-refractivity contribution >= 4 is 23.2 Å². The van der Waals surface area contributed by atoms with E-state index < -0.39 is 0 Å². The van der Waals surface area contributed by atoms with Gasteiger partial charge in [-0.25, -0.2) is 0 Å². The van der Waals surface area contributed by atoms with Gasteiger partial charge in [0.1, 0.15) is 0 Å². The molecule has 2 heterocycles. The number of rotatable bonds is 6. The molecule has 1 unspecified atom stereocenters. The van der Waals surface area contributed by atoms with E-state index in [1.165, 1.54) is 12.8 Å². The van der Waals surface area contributed by atoms with Gasteiger partial charge in [-0.1, -0.05) is 44.5 Å². The third kappa shape index (κ3) is 3.79. The summed E-state index contributed by atoms with van der Waals surface area (Å²) in [6.45, 7) is 14.1. The fraction of sp³-hybridized carbons (Fsp3) is 0.708. The summed E-state index contributed by atoms with van der Waals surface area (Å²) >= 11 is 6.35. The lowest BCUT2D eigenvalue weighted by Crippen LogP contribution is -2.56. The van der Waals surface area contributed by atoms with Crippen molar-refractivity contribution in [2.75, 3.05) is 50.7 Å². The highest BCUT2D eigenvalue weighted by Crippen LogP contribution is 2.59. The van der Waals surface area contributed by atoms with Crippen molar-refractivity contribution in [3.8, 4) is 0 Å². The lowest BCUT2D eigenvalue weighted by atomic mass is 9.62. The van der Waals surface area contributed by atoms with Gasteiger partial charge in [0.05, 0.1) is 16.1 Å². The van der Waals surface area contributed by atoms with Gasteiger partial charge in [0.15, 0.2) is 0 Å². The van der Waals surface area contributed by atoms with Gasteiger partial charge >= 0.3 is 0 Å². The Balaban J connectivity index is 1.20. The maximum Gasteiger partial charge on any atom is 0.229 e. The molecular weight excluding hydrogens is 382 g/mol. The molecule has 4 nitrogen and oxygen atoms in total. The van der Waals surface area contributed by atoms with E-state index in [0.717, 1.165) is 69.4 Å². The summed E-state index contributed by atoms with van der Waals surface area (Å²) in [5.41, 5.74) is 1.16. The van der Waals surface area contributed by atoms with Gasteiger partial charge in [0.2, 0.25) is 5.91 Å². The molecule has 0 aromatic heterocycles. The number of hydrogen-bond acceptors (Lipinski definition) is 3. The molecule has 1 amide bonds. The molecule has 2 aliphatic heterocycles. The zero-order valence-corrected chi connectivity index (χ0v) is 19.0. The number of para-hydroxylation sites is 1. The second-order valence-electron chi connectivity index (χ2n) is 10.0. The van der Waals surface area contributed by atoms with Gasteiger partial charge in [0.25, 0.3) is 0 Å². The molecule has 4 rings (SSSR count). The van der Waals surface area contributed by atoms with Crippen LogP contribution in [-0.4, -0.2) is 61.5 Å². The van der Waals surface area contributed by atoms with E-state index in [2.05, 4.69) is 47.6 Å². The number of fused-ring (bicyclic) bond motifs is 2. The topological polar surface area (TPSA) is 26.8 Å². The Morgan fingerprint density at radius 3 is 2.45 bits per heavy atom. The lowest BCUT2D eigenvalue weighted by Gasteiger charge is -2.49. The summed E-state index contributed by atoms with van der Waals surface area (Å²) in [5.74, 6) is 1.08. The molecule has 1 aromatic rings. The highest BCUT2D eigenvalue weighted by molar-refractivity contribution is 6.33. The van der Waals surface area contributed by atoms with Gasteiger partial charge in [-0.15, -0.1) is 0 Å². The van der Waals surface area contributed by atoms with Crippen LogP contribution < -0.4 is 4.90 Å². The Morgan fingerprint density at radius 1 is 1.03 bits per heavy atom. The predicted molar refractivity (Wildman–Crippen MR) is 121 cm³/mol. The van der Waals surface area contributed by atoms with Crippen LogP contribution in [0, 0.1) is 16.7 Å². The Bertz CT molecular complexity index is 743. The van der Waals surface area contributed by atoms with Gasteiger partial charge in [-0.05, 0) is 55.7 Å². The van der Waals surface area contributed by atoms with Gasteiger partial charge in [-0.3, -0.25) is 9.69 Å². The minimum absolute atomic E-state index is 0.148. The Labute approximate surface area is 181 Å². The molecule has 0 spiro atoms. The quantitative estimate of drug-likeness (QED) is 0.636. The van der Waals surface area contributed by atoms with Crippen LogP contribution in [0.3, 0.4) is 0 Å². The first-order valence-corrected chi connectivity index (χ1v) is 11.7. The predicted octanol–water partition coefficient (Wildman–Crippen LogP) is 4.53. The SMILES string of the molecule is CC1(C)C2CC[C@@]1(C)C(=O)N(CCCCN1CCN(c3ccccc3Cl)CC1)C2. The molecule has 160 valence electrons. The smallest absolute Gasteiger partial charge is 0.229 e. The number of carbonyl (C=O) groups is 1. The lowest BCUT2D eigenvalue weighted by molar-refractivity contribution is -0.155. The third-order valence-corrected chi connectivity index (χ3v) is 8.67. The molecule has 0 N–H and O–H groups in total. The van der Waals surface area contributed by atoms with E-state index >= 15 is 0 Å². The number of halogens is 1. The van der Waals surface area contributed by atoms with Crippen LogP contribution in [-0.2, 0) is 4.79 Å². The Kier molecular flexibility index (Phi) is 5.87. The second-order valence-corrected chi connectivity index (χ2v) is 10.4. The maximum atomic E-state index is 13.1.